The fourth-order valence-electron chi connectivity index (χ4n) is 8.64. The third kappa shape index (κ3) is 6.07. The van der Waals surface area contributed by atoms with E-state index in [4.69, 9.17) is 0 Å². The number of hydrogen-bond donors (Lipinski definition) is 0. The molecule has 9 aromatic rings. The van der Waals surface area contributed by atoms with Crippen LogP contribution in [0.1, 0.15) is 38.8 Å². The van der Waals surface area contributed by atoms with Crippen molar-refractivity contribution < 1.29 is 2.74 Å². The highest BCUT2D eigenvalue weighted by Crippen LogP contribution is 2.53. The van der Waals surface area contributed by atoms with Crippen LogP contribution in [0.2, 0.25) is 0 Å². The molecule has 8 aromatic carbocycles. The van der Waals surface area contributed by atoms with Crippen LogP contribution in [0.5, 0.6) is 0 Å². The van der Waals surface area contributed by atoms with Gasteiger partial charge in [-0.3, -0.25) is 0 Å². The van der Waals surface area contributed by atoms with E-state index in [1.807, 2.05) is 66.7 Å². The third-order valence-electron chi connectivity index (χ3n) is 11.4. The summed E-state index contributed by atoms with van der Waals surface area (Å²) in [6, 6.07) is 72.3. The summed E-state index contributed by atoms with van der Waals surface area (Å²) in [4.78, 5) is 2.20. The van der Waals surface area contributed by atoms with Crippen molar-refractivity contribution in [2.45, 2.75) is 19.3 Å². The minimum absolute atomic E-state index is 0.194. The maximum Gasteiger partial charge on any atom is 0.0629 e. The highest BCUT2D eigenvalue weighted by atomic mass is 15.1. The standard InChI is InChI=1S/C55H42N2/c1-55(2)50-36-40(29-28-39-30-33-46(34-31-39)56(43-22-12-5-13-23-43)44-24-14-6-15-25-44)32-35-47(50)48-37-49-52(38-51(48)55)57(45-26-16-7-17-27-45)54(42-20-10-4-11-21-42)53(49)41-18-8-3-9-19-41/h3-38H,1-2H3/b29-28+/i28D,29D. The molecule has 272 valence electrons. The van der Waals surface area contributed by atoms with Crippen molar-refractivity contribution in [2.75, 3.05) is 4.90 Å². The van der Waals surface area contributed by atoms with Crippen LogP contribution in [0, 0.1) is 0 Å². The van der Waals surface area contributed by atoms with Crippen molar-refractivity contribution in [3.8, 4) is 39.2 Å². The number of aromatic nitrogens is 1. The molecule has 0 aliphatic heterocycles. The molecule has 0 saturated heterocycles. The van der Waals surface area contributed by atoms with E-state index < -0.39 is 0 Å². The van der Waals surface area contributed by atoms with Crippen LogP contribution >= 0.6 is 0 Å². The first-order valence-corrected chi connectivity index (χ1v) is 19.6. The molecular weight excluding hydrogens is 689 g/mol. The molecule has 0 saturated carbocycles. The predicted molar refractivity (Wildman–Crippen MR) is 242 cm³/mol. The molecule has 0 spiro atoms. The first-order valence-electron chi connectivity index (χ1n) is 20.6. The molecule has 1 aliphatic rings. The van der Waals surface area contributed by atoms with Gasteiger partial charge in [0.1, 0.15) is 0 Å². The Hall–Kier alpha value is -7.16. The van der Waals surface area contributed by atoms with Crippen LogP contribution in [-0.2, 0) is 5.41 Å². The molecule has 0 unspecified atom stereocenters. The molecule has 0 bridgehead atoms. The zero-order valence-electron chi connectivity index (χ0n) is 34.0. The van der Waals surface area contributed by atoms with Crippen molar-refractivity contribution in [3.63, 3.8) is 0 Å². The summed E-state index contributed by atoms with van der Waals surface area (Å²) >= 11 is 0. The largest absolute Gasteiger partial charge is 0.311 e. The van der Waals surface area contributed by atoms with Crippen molar-refractivity contribution >= 4 is 40.1 Å². The quantitative estimate of drug-likeness (QED) is 0.141. The highest BCUT2D eigenvalue weighted by Gasteiger charge is 2.37. The smallest absolute Gasteiger partial charge is 0.0629 e. The van der Waals surface area contributed by atoms with Crippen LogP contribution in [0.15, 0.2) is 206 Å². The topological polar surface area (TPSA) is 8.17 Å². The molecule has 57 heavy (non-hydrogen) atoms. The maximum atomic E-state index is 9.34. The van der Waals surface area contributed by atoms with Gasteiger partial charge in [-0.1, -0.05) is 172 Å². The van der Waals surface area contributed by atoms with Gasteiger partial charge in [-0.25, -0.2) is 0 Å². The van der Waals surface area contributed by atoms with E-state index in [2.05, 4.69) is 163 Å². The zero-order valence-corrected chi connectivity index (χ0v) is 32.0. The minimum atomic E-state index is -0.344. The fraction of sp³-hybridized carbons (Fsp3) is 0.0545. The second kappa shape index (κ2) is 14.2. The number of fused-ring (bicyclic) bond motifs is 4. The number of nitrogens with zero attached hydrogens (tertiary/aromatic N) is 2. The second-order valence-electron chi connectivity index (χ2n) is 15.2. The Bertz CT molecular complexity index is 2950. The molecule has 0 radical (unpaired) electrons. The van der Waals surface area contributed by atoms with Crippen molar-refractivity contribution in [2.24, 2.45) is 0 Å². The monoisotopic (exact) mass is 732 g/mol. The Morgan fingerprint density at radius 1 is 0.474 bits per heavy atom. The van der Waals surface area contributed by atoms with E-state index in [9.17, 15) is 2.74 Å². The van der Waals surface area contributed by atoms with Gasteiger partial charge in [0.05, 0.1) is 14.0 Å². The van der Waals surface area contributed by atoms with Gasteiger partial charge < -0.3 is 9.47 Å². The Balaban J connectivity index is 1.08. The summed E-state index contributed by atoms with van der Waals surface area (Å²) in [5.74, 6) is 0. The van der Waals surface area contributed by atoms with E-state index in [1.165, 1.54) is 44.5 Å². The molecule has 2 nitrogen and oxygen atoms in total. The van der Waals surface area contributed by atoms with Gasteiger partial charge in [-0.15, -0.1) is 0 Å². The molecule has 0 N–H and O–H groups in total. The first-order chi connectivity index (χ1) is 28.9. The lowest BCUT2D eigenvalue weighted by Crippen LogP contribution is -2.15. The first kappa shape index (κ1) is 32.1. The highest BCUT2D eigenvalue weighted by molar-refractivity contribution is 6.08. The molecule has 1 heterocycles. The van der Waals surface area contributed by atoms with Crippen LogP contribution in [-0.4, -0.2) is 4.57 Å². The summed E-state index contributed by atoms with van der Waals surface area (Å²) in [7, 11) is 0. The van der Waals surface area contributed by atoms with Gasteiger partial charge >= 0.3 is 0 Å². The number of benzene rings is 8. The van der Waals surface area contributed by atoms with Gasteiger partial charge in [0, 0.05) is 39.1 Å². The van der Waals surface area contributed by atoms with E-state index in [0.717, 1.165) is 39.4 Å². The molecule has 0 fully saturated rings. The third-order valence-corrected chi connectivity index (χ3v) is 11.4. The van der Waals surface area contributed by atoms with Crippen LogP contribution < -0.4 is 4.90 Å². The summed E-state index contributed by atoms with van der Waals surface area (Å²) in [6.45, 7) is 4.58. The predicted octanol–water partition coefficient (Wildman–Crippen LogP) is 14.9. The molecule has 0 amide bonds. The number of anilines is 3. The van der Waals surface area contributed by atoms with E-state index in [1.54, 1.807) is 0 Å². The molecule has 1 aliphatic carbocycles. The maximum absolute atomic E-state index is 9.34. The van der Waals surface area contributed by atoms with Crippen LogP contribution in [0.25, 0.3) is 62.2 Å². The molecule has 0 atom stereocenters. The van der Waals surface area contributed by atoms with E-state index >= 15 is 0 Å². The van der Waals surface area contributed by atoms with E-state index in [-0.39, 0.29) is 17.5 Å². The lowest BCUT2D eigenvalue weighted by molar-refractivity contribution is 0.661. The van der Waals surface area contributed by atoms with E-state index in [0.29, 0.717) is 5.56 Å². The summed E-state index contributed by atoms with van der Waals surface area (Å²) in [5.41, 5.74) is 16.0. The van der Waals surface area contributed by atoms with Crippen LogP contribution in [0.4, 0.5) is 17.1 Å². The Kier molecular flexibility index (Phi) is 7.98. The van der Waals surface area contributed by atoms with Gasteiger partial charge in [0.15, 0.2) is 0 Å². The van der Waals surface area contributed by atoms with Crippen molar-refractivity contribution in [3.05, 3.63) is 229 Å². The van der Waals surface area contributed by atoms with Gasteiger partial charge in [-0.05, 0) is 105 Å². The van der Waals surface area contributed by atoms with Crippen molar-refractivity contribution in [1.82, 2.24) is 4.57 Å². The molecular formula is C55H42N2. The zero-order chi connectivity index (χ0) is 40.1. The summed E-state index contributed by atoms with van der Waals surface area (Å²) in [5, 5.41) is 1.20. The molecule has 10 rings (SSSR count). The SMILES string of the molecule is [2H]/C(=C(/[2H])c1ccc2c(c1)C(C)(C)c1cc3c(cc1-2)c(-c1ccccc1)c(-c1ccccc1)n3-c1ccccc1)c1ccc(N(c2ccccc2)c2ccccc2)cc1. The Morgan fingerprint density at radius 2 is 0.965 bits per heavy atom. The van der Waals surface area contributed by atoms with Crippen LogP contribution in [0.3, 0.4) is 0 Å². The fourth-order valence-corrected chi connectivity index (χ4v) is 8.64. The average molecular weight is 733 g/mol. The van der Waals surface area contributed by atoms with Crippen molar-refractivity contribution in [1.29, 1.82) is 0 Å². The van der Waals surface area contributed by atoms with Gasteiger partial charge in [0.25, 0.3) is 0 Å². The Morgan fingerprint density at radius 3 is 1.58 bits per heavy atom. The van der Waals surface area contributed by atoms with Gasteiger partial charge in [0.2, 0.25) is 0 Å². The summed E-state index contributed by atoms with van der Waals surface area (Å²) in [6.07, 6.45) is 0. The van der Waals surface area contributed by atoms with Gasteiger partial charge in [-0.2, -0.15) is 0 Å². The minimum Gasteiger partial charge on any atom is -0.311 e. The number of rotatable bonds is 8. The normalized spacial score (nSPS) is 13.6. The average Bonchev–Trinajstić information content (AvgIpc) is 3.75. The second-order valence-corrected chi connectivity index (χ2v) is 15.2. The number of hydrogen-bond acceptors (Lipinski definition) is 1. The Labute approximate surface area is 338 Å². The molecule has 1 aromatic heterocycles. The number of para-hydroxylation sites is 3. The summed E-state index contributed by atoms with van der Waals surface area (Å²) < 4.78 is 21.0. The molecule has 2 heteroatoms. The lowest BCUT2D eigenvalue weighted by atomic mass is 9.81. The lowest BCUT2D eigenvalue weighted by Gasteiger charge is -2.25.